The molecule has 0 radical (unpaired) electrons. The first-order chi connectivity index (χ1) is 8.20. The molecule has 4 heteroatoms. The van der Waals surface area contributed by atoms with Crippen molar-refractivity contribution in [1.29, 1.82) is 0 Å². The molecule has 1 unspecified atom stereocenters. The largest absolute Gasteiger partial charge is 0.496 e. The zero-order chi connectivity index (χ0) is 12.3. The summed E-state index contributed by atoms with van der Waals surface area (Å²) >= 11 is 12.1. The number of hydrogen-bond acceptors (Lipinski definition) is 2. The van der Waals surface area contributed by atoms with E-state index in [1.165, 1.54) is 0 Å². The molecular formula is C13H15Cl2NO. The second-order valence-electron chi connectivity index (χ2n) is 3.94. The molecule has 1 aliphatic heterocycles. The van der Waals surface area contributed by atoms with Gasteiger partial charge in [0.05, 0.1) is 12.6 Å². The van der Waals surface area contributed by atoms with E-state index in [2.05, 4.69) is 18.3 Å². The Morgan fingerprint density at radius 1 is 1.29 bits per heavy atom. The number of hydrogen-bond donors (Lipinski definition) is 1. The lowest BCUT2D eigenvalue weighted by molar-refractivity contribution is 0.216. The van der Waals surface area contributed by atoms with E-state index in [0.29, 0.717) is 10.0 Å². The van der Waals surface area contributed by atoms with Crippen LogP contribution in [0.25, 0.3) is 0 Å². The van der Waals surface area contributed by atoms with Gasteiger partial charge in [-0.05, 0) is 36.4 Å². The molecule has 0 aromatic heterocycles. The van der Waals surface area contributed by atoms with E-state index in [-0.39, 0.29) is 6.04 Å². The van der Waals surface area contributed by atoms with Gasteiger partial charge in [-0.3, -0.25) is 0 Å². The van der Waals surface area contributed by atoms with Crippen LogP contribution in [0.3, 0.4) is 0 Å². The Morgan fingerprint density at radius 2 is 2.00 bits per heavy atom. The number of likely N-dealkylation sites (N-methyl/N-ethyl adjacent to an activating group) is 1. The molecule has 1 aromatic rings. The molecule has 2 rings (SSSR count). The Balaban J connectivity index is 2.31. The SMILES string of the molecule is CCNC(C1=CCCO1)c1cc(Cl)cc(Cl)c1. The standard InChI is InChI=1S/C13H15Cl2NO/c1-2-16-13(12-4-3-5-17-12)9-6-10(14)8-11(15)7-9/h4,6-8,13,16H,2-3,5H2,1H3. The van der Waals surface area contributed by atoms with Crippen LogP contribution in [-0.2, 0) is 4.74 Å². The maximum Gasteiger partial charge on any atom is 0.114 e. The van der Waals surface area contributed by atoms with E-state index >= 15 is 0 Å². The lowest BCUT2D eigenvalue weighted by atomic mass is 10.0. The predicted molar refractivity (Wildman–Crippen MR) is 71.5 cm³/mol. The van der Waals surface area contributed by atoms with Crippen LogP contribution in [0.4, 0.5) is 0 Å². The lowest BCUT2D eigenvalue weighted by Gasteiger charge is -2.20. The van der Waals surface area contributed by atoms with Gasteiger partial charge in [0.15, 0.2) is 0 Å². The second kappa shape index (κ2) is 5.76. The summed E-state index contributed by atoms with van der Waals surface area (Å²) in [5, 5.41) is 4.68. The second-order valence-corrected chi connectivity index (χ2v) is 4.81. The Hall–Kier alpha value is -0.700. The van der Waals surface area contributed by atoms with Gasteiger partial charge in [0.25, 0.3) is 0 Å². The first kappa shape index (κ1) is 12.7. The quantitative estimate of drug-likeness (QED) is 0.896. The van der Waals surface area contributed by atoms with Gasteiger partial charge in [0.2, 0.25) is 0 Å². The zero-order valence-corrected chi connectivity index (χ0v) is 11.2. The summed E-state index contributed by atoms with van der Waals surface area (Å²) in [6, 6.07) is 5.62. The van der Waals surface area contributed by atoms with Crippen LogP contribution in [0, 0.1) is 0 Å². The van der Waals surface area contributed by atoms with Gasteiger partial charge < -0.3 is 10.1 Å². The Labute approximate surface area is 112 Å². The van der Waals surface area contributed by atoms with Crippen molar-refractivity contribution < 1.29 is 4.74 Å². The average Bonchev–Trinajstić information content (AvgIpc) is 2.77. The highest BCUT2D eigenvalue weighted by Gasteiger charge is 2.20. The maximum atomic E-state index is 6.03. The van der Waals surface area contributed by atoms with Crippen molar-refractivity contribution in [3.8, 4) is 0 Å². The summed E-state index contributed by atoms with van der Waals surface area (Å²) < 4.78 is 5.61. The highest BCUT2D eigenvalue weighted by atomic mass is 35.5. The molecule has 0 saturated carbocycles. The third-order valence-electron chi connectivity index (χ3n) is 2.64. The minimum Gasteiger partial charge on any atom is -0.496 e. The van der Waals surface area contributed by atoms with Crippen molar-refractivity contribution in [2.45, 2.75) is 19.4 Å². The van der Waals surface area contributed by atoms with E-state index in [0.717, 1.165) is 30.9 Å². The van der Waals surface area contributed by atoms with Gasteiger partial charge in [-0.2, -0.15) is 0 Å². The highest BCUT2D eigenvalue weighted by Crippen LogP contribution is 2.30. The third-order valence-corrected chi connectivity index (χ3v) is 3.08. The average molecular weight is 272 g/mol. The first-order valence-corrected chi connectivity index (χ1v) is 6.48. The minimum atomic E-state index is 0.0405. The summed E-state index contributed by atoms with van der Waals surface area (Å²) in [4.78, 5) is 0. The smallest absolute Gasteiger partial charge is 0.114 e. The fraction of sp³-hybridized carbons (Fsp3) is 0.385. The molecule has 1 N–H and O–H groups in total. The maximum absolute atomic E-state index is 6.03. The highest BCUT2D eigenvalue weighted by molar-refractivity contribution is 6.34. The molecule has 17 heavy (non-hydrogen) atoms. The molecule has 0 saturated heterocycles. The number of benzene rings is 1. The number of ether oxygens (including phenoxy) is 1. The molecule has 0 fully saturated rings. The number of rotatable bonds is 4. The van der Waals surface area contributed by atoms with E-state index in [1.807, 2.05) is 12.1 Å². The van der Waals surface area contributed by atoms with Crippen LogP contribution in [-0.4, -0.2) is 13.2 Å². The summed E-state index contributed by atoms with van der Waals surface area (Å²) in [6.45, 7) is 3.68. The predicted octanol–water partition coefficient (Wildman–Crippen LogP) is 3.95. The van der Waals surface area contributed by atoms with E-state index < -0.39 is 0 Å². The van der Waals surface area contributed by atoms with E-state index in [9.17, 15) is 0 Å². The Bertz CT molecular complexity index is 411. The van der Waals surface area contributed by atoms with Crippen molar-refractivity contribution in [2.24, 2.45) is 0 Å². The van der Waals surface area contributed by atoms with Crippen molar-refractivity contribution >= 4 is 23.2 Å². The summed E-state index contributed by atoms with van der Waals surface area (Å²) in [7, 11) is 0. The molecular weight excluding hydrogens is 257 g/mol. The van der Waals surface area contributed by atoms with Gasteiger partial charge in [-0.1, -0.05) is 30.1 Å². The van der Waals surface area contributed by atoms with E-state index in [1.54, 1.807) is 6.07 Å². The van der Waals surface area contributed by atoms with Crippen molar-refractivity contribution in [1.82, 2.24) is 5.32 Å². The lowest BCUT2D eigenvalue weighted by Crippen LogP contribution is -2.23. The van der Waals surface area contributed by atoms with Gasteiger partial charge >= 0.3 is 0 Å². The number of nitrogens with one attached hydrogen (secondary N) is 1. The fourth-order valence-corrected chi connectivity index (χ4v) is 2.51. The molecule has 0 aliphatic carbocycles. The molecule has 0 bridgehead atoms. The van der Waals surface area contributed by atoms with Crippen LogP contribution in [0.5, 0.6) is 0 Å². The Morgan fingerprint density at radius 3 is 2.53 bits per heavy atom. The molecule has 1 atom stereocenters. The Kier molecular flexibility index (Phi) is 4.32. The van der Waals surface area contributed by atoms with Crippen LogP contribution in [0.2, 0.25) is 10.0 Å². The topological polar surface area (TPSA) is 21.3 Å². The zero-order valence-electron chi connectivity index (χ0n) is 9.67. The van der Waals surface area contributed by atoms with Gasteiger partial charge in [0.1, 0.15) is 5.76 Å². The molecule has 1 heterocycles. The van der Waals surface area contributed by atoms with Crippen LogP contribution < -0.4 is 5.32 Å². The number of halogens is 2. The molecule has 2 nitrogen and oxygen atoms in total. The third kappa shape index (κ3) is 3.15. The van der Waals surface area contributed by atoms with Gasteiger partial charge in [-0.25, -0.2) is 0 Å². The summed E-state index contributed by atoms with van der Waals surface area (Å²) in [5.74, 6) is 0.963. The van der Waals surface area contributed by atoms with Gasteiger partial charge in [-0.15, -0.1) is 0 Å². The van der Waals surface area contributed by atoms with Crippen molar-refractivity contribution in [3.05, 3.63) is 45.6 Å². The van der Waals surface area contributed by atoms with Crippen molar-refractivity contribution in [2.75, 3.05) is 13.2 Å². The summed E-state index contributed by atoms with van der Waals surface area (Å²) in [5.41, 5.74) is 1.04. The molecule has 1 aromatic carbocycles. The first-order valence-electron chi connectivity index (χ1n) is 5.73. The summed E-state index contributed by atoms with van der Waals surface area (Å²) in [6.07, 6.45) is 3.08. The fourth-order valence-electron chi connectivity index (χ4n) is 1.97. The normalized spacial score (nSPS) is 16.5. The van der Waals surface area contributed by atoms with Crippen molar-refractivity contribution in [3.63, 3.8) is 0 Å². The van der Waals surface area contributed by atoms with Crippen LogP contribution >= 0.6 is 23.2 Å². The van der Waals surface area contributed by atoms with Crippen LogP contribution in [0.15, 0.2) is 30.0 Å². The molecule has 1 aliphatic rings. The molecule has 0 amide bonds. The van der Waals surface area contributed by atoms with Gasteiger partial charge in [0, 0.05) is 16.5 Å². The van der Waals surface area contributed by atoms with E-state index in [4.69, 9.17) is 27.9 Å². The monoisotopic (exact) mass is 271 g/mol. The molecule has 0 spiro atoms. The minimum absolute atomic E-state index is 0.0405. The molecule has 92 valence electrons. The van der Waals surface area contributed by atoms with Crippen LogP contribution in [0.1, 0.15) is 24.9 Å².